The lowest BCUT2D eigenvalue weighted by molar-refractivity contribution is -0.134. The fourth-order valence-electron chi connectivity index (χ4n) is 3.84. The minimum Gasteiger partial charge on any atom is -0.484 e. The number of piperazine rings is 1. The average molecular weight is 438 g/mol. The molecule has 0 radical (unpaired) electrons. The molecule has 0 aliphatic carbocycles. The largest absolute Gasteiger partial charge is 0.484 e. The summed E-state index contributed by atoms with van der Waals surface area (Å²) in [5.74, 6) is -0.498. The maximum atomic E-state index is 12.9. The summed E-state index contributed by atoms with van der Waals surface area (Å²) in [7, 11) is 2.04. The van der Waals surface area contributed by atoms with Crippen LogP contribution in [0.3, 0.4) is 0 Å². The van der Waals surface area contributed by atoms with Crippen LogP contribution in [0.1, 0.15) is 10.4 Å². The second-order valence-electron chi connectivity index (χ2n) is 7.91. The third kappa shape index (κ3) is 4.67. The highest BCUT2D eigenvalue weighted by Gasteiger charge is 2.31. The lowest BCUT2D eigenvalue weighted by Crippen LogP contribution is -2.48. The summed E-state index contributed by atoms with van der Waals surface area (Å²) in [6.45, 7) is 4.07. The van der Waals surface area contributed by atoms with Crippen molar-refractivity contribution in [2.24, 2.45) is 0 Å². The summed E-state index contributed by atoms with van der Waals surface area (Å²) >= 11 is 0. The molecular formula is C23H26N4O5. The van der Waals surface area contributed by atoms with Gasteiger partial charge in [0.05, 0.1) is 5.56 Å². The summed E-state index contributed by atoms with van der Waals surface area (Å²) in [5, 5.41) is 9.19. The van der Waals surface area contributed by atoms with Gasteiger partial charge in [0.1, 0.15) is 5.75 Å². The van der Waals surface area contributed by atoms with E-state index in [1.165, 1.54) is 12.1 Å². The number of carbonyl (C=O) groups excluding carboxylic acids is 2. The van der Waals surface area contributed by atoms with Crippen molar-refractivity contribution in [1.82, 2.24) is 9.80 Å². The van der Waals surface area contributed by atoms with E-state index >= 15 is 0 Å². The van der Waals surface area contributed by atoms with Crippen molar-refractivity contribution in [1.29, 1.82) is 0 Å². The number of carbonyl (C=O) groups is 3. The normalized spacial score (nSPS) is 17.0. The van der Waals surface area contributed by atoms with Gasteiger partial charge in [-0.25, -0.2) is 9.59 Å². The number of carboxylic acids is 1. The van der Waals surface area contributed by atoms with Gasteiger partial charge in [0.15, 0.2) is 6.61 Å². The summed E-state index contributed by atoms with van der Waals surface area (Å²) in [4.78, 5) is 43.6. The number of hydrogen-bond acceptors (Lipinski definition) is 5. The van der Waals surface area contributed by atoms with Crippen molar-refractivity contribution in [2.45, 2.75) is 0 Å². The van der Waals surface area contributed by atoms with Crippen molar-refractivity contribution < 1.29 is 24.2 Å². The maximum Gasteiger partial charge on any atom is 0.335 e. The Morgan fingerprint density at radius 3 is 2.22 bits per heavy atom. The second kappa shape index (κ2) is 9.27. The van der Waals surface area contributed by atoms with Crippen LogP contribution in [0.5, 0.6) is 5.75 Å². The average Bonchev–Trinajstić information content (AvgIpc) is 3.19. The number of nitrogens with zero attached hydrogens (tertiary/aromatic N) is 4. The zero-order valence-corrected chi connectivity index (χ0v) is 17.9. The van der Waals surface area contributed by atoms with Crippen LogP contribution < -0.4 is 14.5 Å². The summed E-state index contributed by atoms with van der Waals surface area (Å²) in [6, 6.07) is 13.2. The minimum absolute atomic E-state index is 0.0145. The number of ether oxygens (including phenoxy) is 1. The van der Waals surface area contributed by atoms with Gasteiger partial charge in [-0.05, 0) is 49.5 Å². The summed E-state index contributed by atoms with van der Waals surface area (Å²) in [6.07, 6.45) is 0. The highest BCUT2D eigenvalue weighted by atomic mass is 16.5. The van der Waals surface area contributed by atoms with Crippen LogP contribution in [0.2, 0.25) is 0 Å². The van der Waals surface area contributed by atoms with Crippen LogP contribution in [0, 0.1) is 0 Å². The summed E-state index contributed by atoms with van der Waals surface area (Å²) < 4.78 is 5.64. The van der Waals surface area contributed by atoms with Crippen LogP contribution in [0.4, 0.5) is 16.2 Å². The van der Waals surface area contributed by atoms with E-state index in [1.807, 2.05) is 11.9 Å². The zero-order valence-electron chi connectivity index (χ0n) is 17.9. The van der Waals surface area contributed by atoms with E-state index in [1.54, 1.807) is 46.2 Å². The number of hydrogen-bond donors (Lipinski definition) is 1. The van der Waals surface area contributed by atoms with Crippen molar-refractivity contribution in [3.63, 3.8) is 0 Å². The van der Waals surface area contributed by atoms with Crippen molar-refractivity contribution in [3.8, 4) is 5.75 Å². The van der Waals surface area contributed by atoms with Crippen LogP contribution in [-0.2, 0) is 4.79 Å². The molecule has 9 heteroatoms. The molecule has 1 N–H and O–H groups in total. The Hall–Kier alpha value is -3.59. The predicted octanol–water partition coefficient (Wildman–Crippen LogP) is 1.98. The Morgan fingerprint density at radius 1 is 0.906 bits per heavy atom. The molecule has 2 aliphatic rings. The van der Waals surface area contributed by atoms with Gasteiger partial charge in [0.2, 0.25) is 0 Å². The molecule has 3 amide bonds. The zero-order chi connectivity index (χ0) is 22.7. The Kier molecular flexibility index (Phi) is 6.27. The quantitative estimate of drug-likeness (QED) is 0.741. The molecular weight excluding hydrogens is 412 g/mol. The molecule has 0 saturated carbocycles. The number of benzene rings is 2. The Morgan fingerprint density at radius 2 is 1.56 bits per heavy atom. The van der Waals surface area contributed by atoms with E-state index in [9.17, 15) is 19.5 Å². The van der Waals surface area contributed by atoms with Crippen LogP contribution in [0.15, 0.2) is 48.5 Å². The minimum atomic E-state index is -1.03. The van der Waals surface area contributed by atoms with E-state index in [4.69, 9.17) is 4.74 Å². The van der Waals surface area contributed by atoms with Crippen molar-refractivity contribution in [3.05, 3.63) is 54.1 Å². The molecule has 0 aromatic heterocycles. The molecule has 0 unspecified atom stereocenters. The summed E-state index contributed by atoms with van der Waals surface area (Å²) in [5.41, 5.74) is 1.41. The third-order valence-corrected chi connectivity index (χ3v) is 5.78. The highest BCUT2D eigenvalue weighted by molar-refractivity contribution is 6.06. The molecule has 0 spiro atoms. The molecule has 4 rings (SSSR count). The van der Waals surface area contributed by atoms with Gasteiger partial charge in [-0.2, -0.15) is 0 Å². The number of urea groups is 1. The lowest BCUT2D eigenvalue weighted by Gasteiger charge is -2.32. The molecule has 2 aromatic rings. The van der Waals surface area contributed by atoms with Crippen LogP contribution in [0.25, 0.3) is 0 Å². The van der Waals surface area contributed by atoms with Crippen LogP contribution in [-0.4, -0.2) is 85.7 Å². The van der Waals surface area contributed by atoms with Gasteiger partial charge < -0.3 is 19.6 Å². The molecule has 0 atom stereocenters. The van der Waals surface area contributed by atoms with Gasteiger partial charge in [-0.3, -0.25) is 14.6 Å². The Bertz CT molecular complexity index is 1000. The first-order valence-corrected chi connectivity index (χ1v) is 10.5. The first kappa shape index (κ1) is 21.6. The topological polar surface area (TPSA) is 93.6 Å². The fraction of sp³-hybridized carbons (Fsp3) is 0.348. The molecule has 2 saturated heterocycles. The van der Waals surface area contributed by atoms with E-state index in [-0.39, 0.29) is 24.1 Å². The van der Waals surface area contributed by atoms with Crippen molar-refractivity contribution in [2.75, 3.05) is 62.7 Å². The first-order valence-electron chi connectivity index (χ1n) is 10.5. The molecule has 2 aliphatic heterocycles. The number of carboxylic acid groups (broad SMARTS) is 1. The smallest absolute Gasteiger partial charge is 0.335 e. The highest BCUT2D eigenvalue weighted by Crippen LogP contribution is 2.27. The van der Waals surface area contributed by atoms with E-state index in [0.717, 1.165) is 13.1 Å². The number of likely N-dealkylation sites (N-methyl/N-ethyl adjacent to an activating group) is 1. The maximum absolute atomic E-state index is 12.9. The molecule has 0 bridgehead atoms. The molecule has 168 valence electrons. The number of rotatable bonds is 6. The van der Waals surface area contributed by atoms with Gasteiger partial charge in [-0.1, -0.05) is 6.07 Å². The van der Waals surface area contributed by atoms with Gasteiger partial charge in [-0.15, -0.1) is 0 Å². The van der Waals surface area contributed by atoms with Crippen LogP contribution >= 0.6 is 0 Å². The number of aromatic carboxylic acids is 1. The van der Waals surface area contributed by atoms with Crippen molar-refractivity contribution >= 4 is 29.3 Å². The first-order chi connectivity index (χ1) is 15.4. The molecule has 9 nitrogen and oxygen atoms in total. The Labute approximate surface area is 186 Å². The van der Waals surface area contributed by atoms with Gasteiger partial charge in [0.25, 0.3) is 5.91 Å². The Balaban J connectivity index is 1.35. The third-order valence-electron chi connectivity index (χ3n) is 5.78. The number of amides is 3. The molecule has 2 aromatic carbocycles. The van der Waals surface area contributed by atoms with E-state index in [0.29, 0.717) is 43.3 Å². The second-order valence-corrected chi connectivity index (χ2v) is 7.91. The monoisotopic (exact) mass is 438 g/mol. The standard InChI is InChI=1S/C23H26N4O5/c1-24-9-11-25(12-10-24)21(28)16-32-20-7-5-18(6-8-20)26-13-14-27(23(26)31)19-4-2-3-17(15-19)22(29)30/h2-8,15H,9-14,16H2,1H3,(H,29,30). The molecule has 32 heavy (non-hydrogen) atoms. The molecule has 2 fully saturated rings. The van der Waals surface area contributed by atoms with Gasteiger partial charge in [0, 0.05) is 50.6 Å². The SMILES string of the molecule is CN1CCN(C(=O)COc2ccc(N3CCN(c4cccc(C(=O)O)c4)C3=O)cc2)CC1. The molecule has 2 heterocycles. The van der Waals surface area contributed by atoms with Gasteiger partial charge >= 0.3 is 12.0 Å². The van der Waals surface area contributed by atoms with E-state index in [2.05, 4.69) is 4.90 Å². The predicted molar refractivity (Wildman–Crippen MR) is 120 cm³/mol. The fourth-order valence-corrected chi connectivity index (χ4v) is 3.84. The van der Waals surface area contributed by atoms with E-state index < -0.39 is 5.97 Å². The lowest BCUT2D eigenvalue weighted by atomic mass is 10.2. The number of anilines is 2.